The molecule has 2 amide bonds. The van der Waals surface area contributed by atoms with Crippen LogP contribution in [-0.2, 0) is 0 Å². The number of anilines is 1. The number of β-amino-alcohol motifs (C(OH)–C–C–N with tert-alkyl or cyclic N) is 1. The number of nitrogens with one attached hydrogen (secondary N) is 1. The van der Waals surface area contributed by atoms with Gasteiger partial charge in [-0.3, -0.25) is 0 Å². The van der Waals surface area contributed by atoms with Crippen LogP contribution in [0.15, 0.2) is 42.7 Å². The van der Waals surface area contributed by atoms with E-state index in [4.69, 9.17) is 0 Å². The van der Waals surface area contributed by atoms with Crippen molar-refractivity contribution in [2.24, 2.45) is 0 Å². The minimum absolute atomic E-state index is 0.281. The molecule has 1 aliphatic rings. The molecule has 0 spiro atoms. The van der Waals surface area contributed by atoms with Crippen LogP contribution in [0, 0.1) is 5.82 Å². The van der Waals surface area contributed by atoms with Crippen molar-refractivity contribution in [3.63, 3.8) is 0 Å². The molecule has 21 heavy (non-hydrogen) atoms. The standard InChI is InChI=1S/C15H16FN3O2/c16-13-4-3-11(9-14(13)18-6-1-2-7-18)17-15(21)19-8-5-12(20)10-19/h1-4,6-7,9,12,20H,5,8,10H2,(H,17,21)/t12-/m1/s1. The van der Waals surface area contributed by atoms with Crippen LogP contribution in [0.2, 0.25) is 0 Å². The molecular weight excluding hydrogens is 273 g/mol. The molecule has 2 aromatic rings. The number of hydrogen-bond acceptors (Lipinski definition) is 2. The molecule has 0 unspecified atom stereocenters. The molecule has 6 heteroatoms. The van der Waals surface area contributed by atoms with Crippen molar-refractivity contribution in [2.45, 2.75) is 12.5 Å². The number of rotatable bonds is 2. The maximum Gasteiger partial charge on any atom is 0.321 e. The molecule has 1 atom stereocenters. The van der Waals surface area contributed by atoms with Crippen molar-refractivity contribution in [2.75, 3.05) is 18.4 Å². The third-order valence-electron chi connectivity index (χ3n) is 3.53. The van der Waals surface area contributed by atoms with Crippen LogP contribution in [0.25, 0.3) is 5.69 Å². The summed E-state index contributed by atoms with van der Waals surface area (Å²) in [5.41, 5.74) is 0.894. The van der Waals surface area contributed by atoms with Crippen LogP contribution < -0.4 is 5.32 Å². The predicted octanol–water partition coefficient (Wildman–Crippen LogP) is 2.21. The van der Waals surface area contributed by atoms with Gasteiger partial charge in [0.25, 0.3) is 0 Å². The second-order valence-electron chi connectivity index (χ2n) is 5.08. The van der Waals surface area contributed by atoms with Gasteiger partial charge in [0, 0.05) is 31.2 Å². The molecule has 1 aliphatic heterocycles. The number of aliphatic hydroxyl groups excluding tert-OH is 1. The Morgan fingerprint density at radius 3 is 2.76 bits per heavy atom. The Hall–Kier alpha value is -2.34. The van der Waals surface area contributed by atoms with E-state index in [1.54, 1.807) is 40.1 Å². The van der Waals surface area contributed by atoms with Crippen LogP contribution in [0.4, 0.5) is 14.9 Å². The molecule has 2 heterocycles. The molecule has 0 saturated carbocycles. The number of carbonyl (C=O) groups is 1. The first-order valence-electron chi connectivity index (χ1n) is 6.80. The van der Waals surface area contributed by atoms with E-state index in [9.17, 15) is 14.3 Å². The molecule has 5 nitrogen and oxygen atoms in total. The predicted molar refractivity (Wildman–Crippen MR) is 76.9 cm³/mol. The highest BCUT2D eigenvalue weighted by Crippen LogP contribution is 2.20. The van der Waals surface area contributed by atoms with Gasteiger partial charge >= 0.3 is 6.03 Å². The van der Waals surface area contributed by atoms with Crippen LogP contribution in [-0.4, -0.2) is 39.8 Å². The van der Waals surface area contributed by atoms with Gasteiger partial charge < -0.3 is 19.9 Å². The highest BCUT2D eigenvalue weighted by molar-refractivity contribution is 5.89. The van der Waals surface area contributed by atoms with E-state index in [-0.39, 0.29) is 11.8 Å². The molecule has 0 bridgehead atoms. The number of amides is 2. The summed E-state index contributed by atoms with van der Waals surface area (Å²) in [6.45, 7) is 0.857. The fourth-order valence-electron chi connectivity index (χ4n) is 2.41. The minimum atomic E-state index is -0.459. The van der Waals surface area contributed by atoms with Crippen molar-refractivity contribution in [3.8, 4) is 5.69 Å². The van der Waals surface area contributed by atoms with Crippen molar-refractivity contribution >= 4 is 11.7 Å². The van der Waals surface area contributed by atoms with E-state index in [0.717, 1.165) is 0 Å². The van der Waals surface area contributed by atoms with Crippen LogP contribution >= 0.6 is 0 Å². The second kappa shape index (κ2) is 5.57. The topological polar surface area (TPSA) is 57.5 Å². The lowest BCUT2D eigenvalue weighted by Crippen LogP contribution is -2.33. The van der Waals surface area contributed by atoms with Gasteiger partial charge in [0.1, 0.15) is 5.82 Å². The SMILES string of the molecule is O=C(Nc1ccc(F)c(-n2cccc2)c1)N1CC[C@@H](O)C1. The fraction of sp³-hybridized carbons (Fsp3) is 0.267. The molecule has 0 radical (unpaired) electrons. The molecule has 1 aromatic carbocycles. The van der Waals surface area contributed by atoms with E-state index in [1.165, 1.54) is 12.1 Å². The summed E-state index contributed by atoms with van der Waals surface area (Å²) in [6, 6.07) is 7.75. The Morgan fingerprint density at radius 2 is 2.10 bits per heavy atom. The molecular formula is C15H16FN3O2. The van der Waals surface area contributed by atoms with Gasteiger partial charge in [-0.15, -0.1) is 0 Å². The summed E-state index contributed by atoms with van der Waals surface area (Å²) in [4.78, 5) is 13.6. The average molecular weight is 289 g/mol. The zero-order valence-corrected chi connectivity index (χ0v) is 11.4. The molecule has 1 aromatic heterocycles. The molecule has 3 rings (SSSR count). The summed E-state index contributed by atoms with van der Waals surface area (Å²) in [7, 11) is 0. The number of benzene rings is 1. The quantitative estimate of drug-likeness (QED) is 0.890. The summed E-state index contributed by atoms with van der Waals surface area (Å²) in [6.07, 6.45) is 3.60. The van der Waals surface area contributed by atoms with Crippen molar-refractivity contribution < 1.29 is 14.3 Å². The van der Waals surface area contributed by atoms with Crippen LogP contribution in [0.5, 0.6) is 0 Å². The van der Waals surface area contributed by atoms with Crippen LogP contribution in [0.3, 0.4) is 0 Å². The van der Waals surface area contributed by atoms with Gasteiger partial charge in [-0.1, -0.05) is 0 Å². The van der Waals surface area contributed by atoms with Crippen molar-refractivity contribution in [1.29, 1.82) is 0 Å². The molecule has 0 aliphatic carbocycles. The third-order valence-corrected chi connectivity index (χ3v) is 3.53. The normalized spacial score (nSPS) is 18.0. The zero-order valence-electron chi connectivity index (χ0n) is 11.4. The van der Waals surface area contributed by atoms with Gasteiger partial charge in [0.05, 0.1) is 11.8 Å². The number of aliphatic hydroxyl groups is 1. The fourth-order valence-corrected chi connectivity index (χ4v) is 2.41. The Morgan fingerprint density at radius 1 is 1.33 bits per heavy atom. The zero-order chi connectivity index (χ0) is 14.8. The second-order valence-corrected chi connectivity index (χ2v) is 5.08. The van der Waals surface area contributed by atoms with Gasteiger partial charge in [0.15, 0.2) is 0 Å². The highest BCUT2D eigenvalue weighted by Gasteiger charge is 2.24. The monoisotopic (exact) mass is 289 g/mol. The summed E-state index contributed by atoms with van der Waals surface area (Å²) in [5, 5.41) is 12.2. The number of likely N-dealkylation sites (tertiary alicyclic amines) is 1. The first kappa shape index (κ1) is 13.6. The minimum Gasteiger partial charge on any atom is -0.391 e. The smallest absolute Gasteiger partial charge is 0.321 e. The maximum absolute atomic E-state index is 13.8. The summed E-state index contributed by atoms with van der Waals surface area (Å²) in [5.74, 6) is -0.360. The average Bonchev–Trinajstić information content (AvgIpc) is 3.12. The van der Waals surface area contributed by atoms with Gasteiger partial charge in [-0.05, 0) is 36.8 Å². The largest absolute Gasteiger partial charge is 0.391 e. The molecule has 1 saturated heterocycles. The van der Waals surface area contributed by atoms with Crippen molar-refractivity contribution in [3.05, 3.63) is 48.5 Å². The van der Waals surface area contributed by atoms with E-state index in [1.807, 2.05) is 0 Å². The lowest BCUT2D eigenvalue weighted by atomic mass is 10.2. The Kier molecular flexibility index (Phi) is 3.62. The van der Waals surface area contributed by atoms with Gasteiger partial charge in [-0.25, -0.2) is 9.18 Å². The number of carbonyl (C=O) groups excluding carboxylic acids is 1. The van der Waals surface area contributed by atoms with Gasteiger partial charge in [0.2, 0.25) is 0 Å². The number of halogens is 1. The van der Waals surface area contributed by atoms with Crippen molar-refractivity contribution in [1.82, 2.24) is 9.47 Å². The van der Waals surface area contributed by atoms with Crippen LogP contribution in [0.1, 0.15) is 6.42 Å². The number of hydrogen-bond donors (Lipinski definition) is 2. The Bertz CT molecular complexity index is 642. The number of nitrogens with zero attached hydrogens (tertiary/aromatic N) is 2. The van der Waals surface area contributed by atoms with E-state index >= 15 is 0 Å². The molecule has 2 N–H and O–H groups in total. The third kappa shape index (κ3) is 2.90. The lowest BCUT2D eigenvalue weighted by molar-refractivity contribution is 0.176. The molecule has 1 fully saturated rings. The van der Waals surface area contributed by atoms with E-state index in [2.05, 4.69) is 5.32 Å². The Labute approximate surface area is 121 Å². The maximum atomic E-state index is 13.8. The number of aromatic nitrogens is 1. The van der Waals surface area contributed by atoms with Gasteiger partial charge in [-0.2, -0.15) is 0 Å². The summed E-state index contributed by atoms with van der Waals surface area (Å²) < 4.78 is 15.5. The highest BCUT2D eigenvalue weighted by atomic mass is 19.1. The lowest BCUT2D eigenvalue weighted by Gasteiger charge is -2.17. The first-order chi connectivity index (χ1) is 10.1. The Balaban J connectivity index is 1.77. The first-order valence-corrected chi connectivity index (χ1v) is 6.80. The molecule has 110 valence electrons. The van der Waals surface area contributed by atoms with E-state index < -0.39 is 6.10 Å². The number of urea groups is 1. The summed E-state index contributed by atoms with van der Waals surface area (Å²) >= 11 is 0. The van der Waals surface area contributed by atoms with E-state index in [0.29, 0.717) is 30.9 Å².